The van der Waals surface area contributed by atoms with E-state index in [0.717, 1.165) is 41.7 Å². The third-order valence-corrected chi connectivity index (χ3v) is 8.84. The molecule has 1 heterocycles. The van der Waals surface area contributed by atoms with Crippen LogP contribution in [0.2, 0.25) is 10.0 Å². The third-order valence-electron chi connectivity index (χ3n) is 7.22. The smallest absolute Gasteiger partial charge is 0.367 e. The van der Waals surface area contributed by atoms with Crippen LogP contribution in [-0.4, -0.2) is 85.7 Å². The Hall–Kier alpha value is -3.89. The highest BCUT2D eigenvalue weighted by molar-refractivity contribution is 7.41. The molecule has 3 rings (SSSR count). The quantitative estimate of drug-likeness (QED) is 0.133. The second-order valence-corrected chi connectivity index (χ2v) is 13.6. The van der Waals surface area contributed by atoms with Crippen molar-refractivity contribution in [1.29, 1.82) is 0 Å². The standard InChI is InChI=1S/C34H40Cl2NO15P/c1-19(38)37-30-28(48-21(3)40)15-34(33(43)44-6,51-32(30)31(50-23(5)42)29(49-22(4)41)18-45-20(2)39)52-53(46-16-24-7-11-26(35)12-8-24)47-17-25-9-13-27(36)14-10-25/h7-14,28-32H,15-18H2,1-6H3,(H,37,38)/t28-,29-,30-,31-,32?,34-/m1/s1. The molecule has 290 valence electrons. The van der Waals surface area contributed by atoms with E-state index in [2.05, 4.69) is 5.32 Å². The Morgan fingerprint density at radius 3 is 1.77 bits per heavy atom. The minimum absolute atomic E-state index is 0.112. The molecular weight excluding hydrogens is 764 g/mol. The van der Waals surface area contributed by atoms with E-state index in [-0.39, 0.29) is 13.2 Å². The van der Waals surface area contributed by atoms with Crippen molar-refractivity contribution in [3.63, 3.8) is 0 Å². The Morgan fingerprint density at radius 1 is 0.811 bits per heavy atom. The van der Waals surface area contributed by atoms with Crippen LogP contribution in [0.5, 0.6) is 0 Å². The van der Waals surface area contributed by atoms with Crippen LogP contribution in [-0.2, 0) is 84.0 Å². The third kappa shape index (κ3) is 13.8. The highest BCUT2D eigenvalue weighted by atomic mass is 35.5. The fourth-order valence-electron chi connectivity index (χ4n) is 5.12. The highest BCUT2D eigenvalue weighted by Crippen LogP contribution is 2.50. The molecule has 0 radical (unpaired) electrons. The SMILES string of the molecule is COC(=O)[C@]1(OP(OCc2ccc(Cl)cc2)OCc2ccc(Cl)cc2)C[C@@H](OC(C)=O)[C@@H](NC(C)=O)C([C@H](OC(C)=O)[C@@H](COC(C)=O)OC(C)=O)O1. The zero-order valence-electron chi connectivity index (χ0n) is 29.7. The van der Waals surface area contributed by atoms with Gasteiger partial charge in [-0.2, -0.15) is 0 Å². The van der Waals surface area contributed by atoms with Gasteiger partial charge < -0.3 is 42.8 Å². The Labute approximate surface area is 316 Å². The van der Waals surface area contributed by atoms with Gasteiger partial charge in [0.2, 0.25) is 5.91 Å². The van der Waals surface area contributed by atoms with Crippen molar-refractivity contribution >= 4 is 67.6 Å². The van der Waals surface area contributed by atoms with Gasteiger partial charge in [-0.25, -0.2) is 4.79 Å². The largest absolute Gasteiger partial charge is 0.465 e. The number of amides is 1. The van der Waals surface area contributed by atoms with Gasteiger partial charge in [0.1, 0.15) is 18.8 Å². The van der Waals surface area contributed by atoms with Crippen molar-refractivity contribution < 1.29 is 70.8 Å². The lowest BCUT2D eigenvalue weighted by Crippen LogP contribution is -2.69. The molecule has 0 saturated carbocycles. The second kappa shape index (κ2) is 20.5. The Kier molecular flexibility index (Phi) is 16.9. The van der Waals surface area contributed by atoms with E-state index >= 15 is 0 Å². The molecular formula is C34H40Cl2NO15P. The maximum atomic E-state index is 13.9. The first-order valence-electron chi connectivity index (χ1n) is 15.9. The Balaban J connectivity index is 2.18. The van der Waals surface area contributed by atoms with E-state index in [1.807, 2.05) is 0 Å². The number of esters is 5. The monoisotopic (exact) mass is 803 g/mol. The predicted molar refractivity (Wildman–Crippen MR) is 186 cm³/mol. The normalized spacial score (nSPS) is 20.7. The number of methoxy groups -OCH3 is 1. The van der Waals surface area contributed by atoms with Crippen LogP contribution in [0.15, 0.2) is 48.5 Å². The van der Waals surface area contributed by atoms with Crippen molar-refractivity contribution in [3.05, 3.63) is 69.7 Å². The van der Waals surface area contributed by atoms with Gasteiger partial charge in [-0.05, 0) is 35.4 Å². The van der Waals surface area contributed by atoms with Gasteiger partial charge in [0, 0.05) is 44.7 Å². The summed E-state index contributed by atoms with van der Waals surface area (Å²) >= 11 is 12.1. The van der Waals surface area contributed by atoms with E-state index in [1.165, 1.54) is 0 Å². The van der Waals surface area contributed by atoms with Gasteiger partial charge in [0.05, 0.1) is 32.8 Å². The summed E-state index contributed by atoms with van der Waals surface area (Å²) in [5.74, 6) is -7.83. The van der Waals surface area contributed by atoms with E-state index in [4.69, 9.17) is 65.2 Å². The van der Waals surface area contributed by atoms with Gasteiger partial charge >= 0.3 is 38.4 Å². The van der Waals surface area contributed by atoms with Crippen LogP contribution in [0, 0.1) is 0 Å². The number of benzene rings is 2. The molecule has 16 nitrogen and oxygen atoms in total. The predicted octanol–water partition coefficient (Wildman–Crippen LogP) is 4.49. The minimum Gasteiger partial charge on any atom is -0.465 e. The van der Waals surface area contributed by atoms with Crippen LogP contribution < -0.4 is 5.32 Å². The van der Waals surface area contributed by atoms with E-state index in [1.54, 1.807) is 48.5 Å². The second-order valence-electron chi connectivity index (χ2n) is 11.5. The van der Waals surface area contributed by atoms with Gasteiger partial charge in [-0.15, -0.1) is 0 Å². The molecule has 1 N–H and O–H groups in total. The number of ether oxygens (including phenoxy) is 6. The molecule has 1 aliphatic rings. The lowest BCUT2D eigenvalue weighted by Gasteiger charge is -2.48. The summed E-state index contributed by atoms with van der Waals surface area (Å²) < 4.78 is 51.5. The molecule has 53 heavy (non-hydrogen) atoms. The van der Waals surface area contributed by atoms with Crippen molar-refractivity contribution in [2.75, 3.05) is 13.7 Å². The minimum atomic E-state index is -2.59. The van der Waals surface area contributed by atoms with Gasteiger partial charge in [0.15, 0.2) is 12.2 Å². The van der Waals surface area contributed by atoms with E-state index in [9.17, 15) is 28.8 Å². The van der Waals surface area contributed by atoms with Crippen LogP contribution >= 0.6 is 31.8 Å². The van der Waals surface area contributed by atoms with E-state index in [0.29, 0.717) is 21.2 Å². The van der Waals surface area contributed by atoms with Gasteiger partial charge in [-0.1, -0.05) is 47.5 Å². The summed E-state index contributed by atoms with van der Waals surface area (Å²) in [4.78, 5) is 75.5. The van der Waals surface area contributed by atoms with E-state index < -0.39 is 93.6 Å². The van der Waals surface area contributed by atoms with Crippen molar-refractivity contribution in [1.82, 2.24) is 5.32 Å². The number of halogens is 2. The summed E-state index contributed by atoms with van der Waals surface area (Å²) in [5.41, 5.74) is 1.28. The maximum Gasteiger partial charge on any atom is 0.367 e. The van der Waals surface area contributed by atoms with Crippen LogP contribution in [0.1, 0.15) is 52.2 Å². The van der Waals surface area contributed by atoms with Crippen molar-refractivity contribution in [3.8, 4) is 0 Å². The molecule has 1 fully saturated rings. The zero-order chi connectivity index (χ0) is 39.3. The molecule has 1 aliphatic heterocycles. The lowest BCUT2D eigenvalue weighted by molar-refractivity contribution is -0.292. The molecule has 2 aromatic carbocycles. The molecule has 0 aromatic heterocycles. The number of hydrogen-bond acceptors (Lipinski definition) is 15. The van der Waals surface area contributed by atoms with Crippen molar-refractivity contribution in [2.45, 2.75) is 90.5 Å². The van der Waals surface area contributed by atoms with Gasteiger partial charge in [0.25, 0.3) is 5.79 Å². The van der Waals surface area contributed by atoms with Crippen LogP contribution in [0.3, 0.4) is 0 Å². The number of carbonyl (C=O) groups excluding carboxylic acids is 6. The first kappa shape index (κ1) is 43.5. The van der Waals surface area contributed by atoms with Crippen LogP contribution in [0.4, 0.5) is 0 Å². The summed E-state index contributed by atoms with van der Waals surface area (Å²) in [6, 6.07) is 11.9. The fourth-order valence-corrected chi connectivity index (χ4v) is 6.49. The molecule has 0 spiro atoms. The maximum absolute atomic E-state index is 13.9. The molecule has 19 heteroatoms. The van der Waals surface area contributed by atoms with Gasteiger partial charge in [-0.3, -0.25) is 28.5 Å². The average molecular weight is 805 g/mol. The zero-order valence-corrected chi connectivity index (χ0v) is 32.1. The topological polar surface area (TPSA) is 198 Å². The summed E-state index contributed by atoms with van der Waals surface area (Å²) in [6.45, 7) is 4.51. The first-order valence-corrected chi connectivity index (χ1v) is 17.8. The van der Waals surface area contributed by atoms with Crippen LogP contribution in [0.25, 0.3) is 0 Å². The number of nitrogens with one attached hydrogen (secondary N) is 1. The fraction of sp³-hybridized carbons (Fsp3) is 0.471. The number of rotatable bonds is 17. The molecule has 1 amide bonds. The Morgan fingerprint density at radius 2 is 1.34 bits per heavy atom. The summed E-state index contributed by atoms with van der Waals surface area (Å²) in [5, 5.41) is 3.55. The molecule has 2 aromatic rings. The first-order chi connectivity index (χ1) is 25.0. The summed E-state index contributed by atoms with van der Waals surface area (Å²) in [6.07, 6.45) is -7.14. The molecule has 0 aliphatic carbocycles. The molecule has 6 atom stereocenters. The summed E-state index contributed by atoms with van der Waals surface area (Å²) in [7, 11) is -1.55. The molecule has 1 unspecified atom stereocenters. The number of hydrogen-bond donors (Lipinski definition) is 1. The number of carbonyl (C=O) groups is 6. The highest BCUT2D eigenvalue weighted by Gasteiger charge is 2.60. The molecule has 0 bridgehead atoms. The lowest BCUT2D eigenvalue weighted by atomic mass is 9.88. The molecule has 1 saturated heterocycles. The Bertz CT molecular complexity index is 1550. The van der Waals surface area contributed by atoms with Crippen molar-refractivity contribution in [2.24, 2.45) is 0 Å². The average Bonchev–Trinajstić information content (AvgIpc) is 3.08.